The fraction of sp³-hybridized carbons (Fsp3) is 0.514. The number of ketones is 2. The molecule has 0 bridgehead atoms. The lowest BCUT2D eigenvalue weighted by Crippen LogP contribution is -2.17. The van der Waals surface area contributed by atoms with Crippen molar-refractivity contribution >= 4 is 35.1 Å². The minimum Gasteiger partial charge on any atom is -0.478 e. The molecule has 0 heterocycles. The Balaban J connectivity index is 1.63. The molecule has 0 spiro atoms. The molecule has 43 heavy (non-hydrogen) atoms. The molecule has 8 heteroatoms. The summed E-state index contributed by atoms with van der Waals surface area (Å²) in [6, 6.07) is 9.44. The lowest BCUT2D eigenvalue weighted by molar-refractivity contribution is -0.115. The highest BCUT2D eigenvalue weighted by molar-refractivity contribution is 6.11. The number of hydrogen-bond donors (Lipinski definition) is 3. The van der Waals surface area contributed by atoms with Crippen LogP contribution in [0.2, 0.25) is 0 Å². The number of carbonyl (C=O) groups excluding carboxylic acids is 3. The molecule has 0 aliphatic heterocycles. The molecule has 0 saturated carbocycles. The summed E-state index contributed by atoms with van der Waals surface area (Å²) in [4.78, 5) is 60.0. The van der Waals surface area contributed by atoms with Crippen molar-refractivity contribution in [2.75, 3.05) is 5.32 Å². The number of Topliss-reactive ketones (excluding diaryl/α,β-unsaturated/α-hetero) is 2. The van der Waals surface area contributed by atoms with E-state index >= 15 is 0 Å². The lowest BCUT2D eigenvalue weighted by Gasteiger charge is -2.08. The SMILES string of the molecule is CCCCCCCCCCCCCCCCCC(=O)c1ccc(C(=O)CC(=O)Nc2cc(C(=O)O)cc(C(=O)O)c2)cc1. The van der Waals surface area contributed by atoms with Crippen molar-refractivity contribution in [2.45, 2.75) is 116 Å². The number of nitrogens with one attached hydrogen (secondary N) is 1. The fourth-order valence-electron chi connectivity index (χ4n) is 5.04. The van der Waals surface area contributed by atoms with Crippen molar-refractivity contribution < 1.29 is 34.2 Å². The number of benzene rings is 2. The van der Waals surface area contributed by atoms with Crippen LogP contribution >= 0.6 is 0 Å². The van der Waals surface area contributed by atoms with Gasteiger partial charge in [0.2, 0.25) is 5.91 Å². The van der Waals surface area contributed by atoms with Gasteiger partial charge in [-0.1, -0.05) is 121 Å². The number of carboxylic acid groups (broad SMARTS) is 2. The molecule has 3 N–H and O–H groups in total. The van der Waals surface area contributed by atoms with Crippen LogP contribution in [0.1, 0.15) is 158 Å². The van der Waals surface area contributed by atoms with Gasteiger partial charge in [-0.3, -0.25) is 14.4 Å². The van der Waals surface area contributed by atoms with E-state index in [0.717, 1.165) is 37.5 Å². The molecule has 2 aromatic carbocycles. The molecule has 0 aliphatic carbocycles. The molecule has 0 fully saturated rings. The van der Waals surface area contributed by atoms with E-state index in [-0.39, 0.29) is 28.2 Å². The highest BCUT2D eigenvalue weighted by Crippen LogP contribution is 2.18. The summed E-state index contributed by atoms with van der Waals surface area (Å²) in [5, 5.41) is 20.7. The first-order chi connectivity index (χ1) is 20.7. The van der Waals surface area contributed by atoms with Crippen LogP contribution in [0.3, 0.4) is 0 Å². The molecule has 0 aromatic heterocycles. The molecule has 0 aliphatic rings. The van der Waals surface area contributed by atoms with Gasteiger partial charge in [0.25, 0.3) is 0 Å². The number of amides is 1. The number of unbranched alkanes of at least 4 members (excludes halogenated alkanes) is 14. The van der Waals surface area contributed by atoms with Gasteiger partial charge in [-0.15, -0.1) is 0 Å². The Labute approximate surface area is 255 Å². The quantitative estimate of drug-likeness (QED) is 0.0665. The topological polar surface area (TPSA) is 138 Å². The summed E-state index contributed by atoms with van der Waals surface area (Å²) < 4.78 is 0. The second-order valence-electron chi connectivity index (χ2n) is 11.3. The van der Waals surface area contributed by atoms with Crippen molar-refractivity contribution in [3.8, 4) is 0 Å². The van der Waals surface area contributed by atoms with Crippen LogP contribution in [0.4, 0.5) is 5.69 Å². The molecule has 2 rings (SSSR count). The molecule has 0 saturated heterocycles. The minimum atomic E-state index is -1.34. The van der Waals surface area contributed by atoms with Crippen LogP contribution in [0.25, 0.3) is 0 Å². The molecule has 8 nitrogen and oxygen atoms in total. The molecule has 0 atom stereocenters. The Morgan fingerprint density at radius 1 is 0.535 bits per heavy atom. The Morgan fingerprint density at radius 3 is 1.35 bits per heavy atom. The van der Waals surface area contributed by atoms with Gasteiger partial charge in [0.1, 0.15) is 0 Å². The smallest absolute Gasteiger partial charge is 0.335 e. The van der Waals surface area contributed by atoms with Crippen molar-refractivity contribution in [3.63, 3.8) is 0 Å². The summed E-state index contributed by atoms with van der Waals surface area (Å²) in [5.41, 5.74) is 0.161. The third kappa shape index (κ3) is 14.3. The molecule has 234 valence electrons. The zero-order valence-corrected chi connectivity index (χ0v) is 25.5. The predicted octanol–water partition coefficient (Wildman–Crippen LogP) is 8.74. The van der Waals surface area contributed by atoms with E-state index in [9.17, 15) is 34.2 Å². The number of carbonyl (C=O) groups is 5. The normalized spacial score (nSPS) is 10.8. The van der Waals surface area contributed by atoms with E-state index in [1.165, 1.54) is 89.2 Å². The Morgan fingerprint density at radius 2 is 0.930 bits per heavy atom. The molecular weight excluding hydrogens is 546 g/mol. The maximum Gasteiger partial charge on any atom is 0.335 e. The Bertz CT molecular complexity index is 1170. The van der Waals surface area contributed by atoms with Crippen LogP contribution in [-0.4, -0.2) is 39.6 Å². The van der Waals surface area contributed by atoms with E-state index in [2.05, 4.69) is 12.2 Å². The summed E-state index contributed by atoms with van der Waals surface area (Å²) in [7, 11) is 0. The van der Waals surface area contributed by atoms with Crippen LogP contribution in [0.5, 0.6) is 0 Å². The maximum absolute atomic E-state index is 12.6. The van der Waals surface area contributed by atoms with E-state index in [1.807, 2.05) is 0 Å². The first-order valence-corrected chi connectivity index (χ1v) is 15.8. The number of anilines is 1. The van der Waals surface area contributed by atoms with Crippen molar-refractivity contribution in [2.24, 2.45) is 0 Å². The largest absolute Gasteiger partial charge is 0.478 e. The highest BCUT2D eigenvalue weighted by Gasteiger charge is 2.16. The van der Waals surface area contributed by atoms with Crippen LogP contribution in [0, 0.1) is 0 Å². The monoisotopic (exact) mass is 593 g/mol. The number of aromatic carboxylic acids is 2. The number of carboxylic acids is 2. The summed E-state index contributed by atoms with van der Waals surface area (Å²) in [5.74, 6) is -3.85. The van der Waals surface area contributed by atoms with E-state index < -0.39 is 30.0 Å². The molecule has 0 radical (unpaired) electrons. The van der Waals surface area contributed by atoms with Gasteiger partial charge >= 0.3 is 11.9 Å². The predicted molar refractivity (Wildman–Crippen MR) is 168 cm³/mol. The molecular formula is C35H47NO7. The number of hydrogen-bond acceptors (Lipinski definition) is 5. The second kappa shape index (κ2) is 20.2. The second-order valence-corrected chi connectivity index (χ2v) is 11.3. The third-order valence-electron chi connectivity index (χ3n) is 7.57. The summed E-state index contributed by atoms with van der Waals surface area (Å²) in [6.45, 7) is 2.25. The minimum absolute atomic E-state index is 0.0268. The van der Waals surface area contributed by atoms with Gasteiger partial charge in [0, 0.05) is 23.2 Å². The van der Waals surface area contributed by atoms with Gasteiger partial charge in [-0.2, -0.15) is 0 Å². The molecule has 0 unspecified atom stereocenters. The third-order valence-corrected chi connectivity index (χ3v) is 7.57. The van der Waals surface area contributed by atoms with E-state index in [0.29, 0.717) is 12.0 Å². The summed E-state index contributed by atoms with van der Waals surface area (Å²) in [6.07, 6.45) is 18.9. The Hall–Kier alpha value is -3.81. The van der Waals surface area contributed by atoms with Crippen molar-refractivity contribution in [3.05, 3.63) is 64.7 Å². The zero-order chi connectivity index (χ0) is 31.5. The fourth-order valence-corrected chi connectivity index (χ4v) is 5.04. The van der Waals surface area contributed by atoms with Crippen molar-refractivity contribution in [1.29, 1.82) is 0 Å². The number of rotatable bonds is 23. The van der Waals surface area contributed by atoms with Gasteiger partial charge in [0.15, 0.2) is 11.6 Å². The lowest BCUT2D eigenvalue weighted by atomic mass is 10.00. The molecule has 2 aromatic rings. The molecule has 1 amide bonds. The zero-order valence-electron chi connectivity index (χ0n) is 25.5. The average molecular weight is 594 g/mol. The van der Waals surface area contributed by atoms with Gasteiger partial charge in [-0.25, -0.2) is 9.59 Å². The standard InChI is InChI=1S/C35H47NO7/c1-2-3-4-5-6-7-8-9-10-11-12-13-14-15-16-17-31(37)26-18-20-27(21-19-26)32(38)25-33(39)36-30-23-28(34(40)41)22-29(24-30)35(42)43/h18-24H,2-17,25H2,1H3,(H,36,39)(H,40,41)(H,42,43). The Kier molecular flexibility index (Phi) is 16.6. The van der Waals surface area contributed by atoms with Crippen LogP contribution in [-0.2, 0) is 4.79 Å². The van der Waals surface area contributed by atoms with Crippen LogP contribution < -0.4 is 5.32 Å². The van der Waals surface area contributed by atoms with Gasteiger partial charge < -0.3 is 15.5 Å². The first kappa shape index (κ1) is 35.4. The average Bonchev–Trinajstić information content (AvgIpc) is 2.98. The van der Waals surface area contributed by atoms with E-state index in [4.69, 9.17) is 0 Å². The van der Waals surface area contributed by atoms with Crippen molar-refractivity contribution in [1.82, 2.24) is 0 Å². The summed E-state index contributed by atoms with van der Waals surface area (Å²) >= 11 is 0. The first-order valence-electron chi connectivity index (χ1n) is 15.8. The van der Waals surface area contributed by atoms with Gasteiger partial charge in [0.05, 0.1) is 17.5 Å². The highest BCUT2D eigenvalue weighted by atomic mass is 16.4. The van der Waals surface area contributed by atoms with Gasteiger partial charge in [-0.05, 0) is 24.6 Å². The maximum atomic E-state index is 12.6. The van der Waals surface area contributed by atoms with E-state index in [1.54, 1.807) is 12.1 Å². The van der Waals surface area contributed by atoms with Crippen LogP contribution in [0.15, 0.2) is 42.5 Å².